The highest BCUT2D eigenvalue weighted by molar-refractivity contribution is 5.86. The number of hydrogen-bond acceptors (Lipinski definition) is 3. The summed E-state index contributed by atoms with van der Waals surface area (Å²) < 4.78 is 18.4. The first-order valence-electron chi connectivity index (χ1n) is 8.49. The second-order valence-corrected chi connectivity index (χ2v) is 6.54. The maximum atomic E-state index is 12.9. The molecule has 2 aliphatic heterocycles. The lowest BCUT2D eigenvalue weighted by Crippen LogP contribution is -2.52. The smallest absolute Gasteiger partial charge is 0.242 e. The maximum absolute atomic E-state index is 12.9. The summed E-state index contributed by atoms with van der Waals surface area (Å²) in [6, 6.07) is 6.16. The minimum Gasteiger partial charge on any atom is -0.381 e. The molecule has 5 nitrogen and oxygen atoms in total. The van der Waals surface area contributed by atoms with E-state index < -0.39 is 0 Å². The van der Waals surface area contributed by atoms with Gasteiger partial charge in [0.05, 0.1) is 6.54 Å². The molecule has 0 aliphatic carbocycles. The van der Waals surface area contributed by atoms with E-state index in [1.54, 1.807) is 21.9 Å². The monoisotopic (exact) mass is 334 g/mol. The average molecular weight is 334 g/mol. The van der Waals surface area contributed by atoms with E-state index in [0.29, 0.717) is 32.7 Å². The Hall–Kier alpha value is -1.95. The van der Waals surface area contributed by atoms with E-state index in [9.17, 15) is 14.0 Å². The Morgan fingerprint density at radius 3 is 2.71 bits per heavy atom. The Labute approximate surface area is 141 Å². The molecule has 0 bridgehead atoms. The van der Waals surface area contributed by atoms with Crippen molar-refractivity contribution in [2.45, 2.75) is 25.8 Å². The second kappa shape index (κ2) is 7.75. The first-order valence-corrected chi connectivity index (χ1v) is 8.49. The van der Waals surface area contributed by atoms with Gasteiger partial charge in [0, 0.05) is 39.3 Å². The van der Waals surface area contributed by atoms with Gasteiger partial charge < -0.3 is 14.5 Å². The third kappa shape index (κ3) is 4.32. The number of halogens is 1. The van der Waals surface area contributed by atoms with Crippen LogP contribution in [0.5, 0.6) is 0 Å². The van der Waals surface area contributed by atoms with E-state index in [2.05, 4.69) is 0 Å². The molecule has 2 fully saturated rings. The summed E-state index contributed by atoms with van der Waals surface area (Å²) in [5.41, 5.74) is 0.892. The summed E-state index contributed by atoms with van der Waals surface area (Å²) in [7, 11) is 0. The minimum absolute atomic E-state index is 0.0419. The van der Waals surface area contributed by atoms with E-state index in [1.807, 2.05) is 0 Å². The minimum atomic E-state index is -0.285. The zero-order valence-electron chi connectivity index (χ0n) is 13.7. The SMILES string of the molecule is O=C(C[C@@H]1CCCOC1)N1CCN(Cc2ccc(F)cc2)C(=O)C1. The molecule has 0 saturated carbocycles. The van der Waals surface area contributed by atoms with Crippen LogP contribution in [0.2, 0.25) is 0 Å². The molecule has 2 amide bonds. The Bertz CT molecular complexity index is 584. The Morgan fingerprint density at radius 2 is 2.04 bits per heavy atom. The summed E-state index contributed by atoms with van der Waals surface area (Å²) in [4.78, 5) is 28.1. The van der Waals surface area contributed by atoms with Crippen LogP contribution in [-0.4, -0.2) is 54.5 Å². The van der Waals surface area contributed by atoms with Crippen molar-refractivity contribution in [3.05, 3.63) is 35.6 Å². The van der Waals surface area contributed by atoms with Gasteiger partial charge in [0.1, 0.15) is 5.82 Å². The zero-order valence-corrected chi connectivity index (χ0v) is 13.7. The van der Waals surface area contributed by atoms with Crippen LogP contribution in [0.4, 0.5) is 4.39 Å². The first kappa shape index (κ1) is 16.9. The fourth-order valence-corrected chi connectivity index (χ4v) is 3.24. The number of hydrogen-bond donors (Lipinski definition) is 0. The van der Waals surface area contributed by atoms with E-state index >= 15 is 0 Å². The molecule has 2 heterocycles. The van der Waals surface area contributed by atoms with Crippen molar-refractivity contribution in [2.75, 3.05) is 32.8 Å². The van der Waals surface area contributed by atoms with Gasteiger partial charge in [0.25, 0.3) is 0 Å². The summed E-state index contributed by atoms with van der Waals surface area (Å²) in [5, 5.41) is 0. The van der Waals surface area contributed by atoms with Gasteiger partial charge in [0.15, 0.2) is 0 Å². The fourth-order valence-electron chi connectivity index (χ4n) is 3.24. The third-order valence-corrected chi connectivity index (χ3v) is 4.68. The van der Waals surface area contributed by atoms with Crippen LogP contribution in [0.25, 0.3) is 0 Å². The van der Waals surface area contributed by atoms with Crippen molar-refractivity contribution in [1.82, 2.24) is 9.80 Å². The number of nitrogens with zero attached hydrogens (tertiary/aromatic N) is 2. The Balaban J connectivity index is 1.50. The number of piperazine rings is 1. The van der Waals surface area contributed by atoms with Gasteiger partial charge in [-0.25, -0.2) is 4.39 Å². The molecule has 1 aromatic carbocycles. The average Bonchev–Trinajstić information content (AvgIpc) is 2.59. The highest BCUT2D eigenvalue weighted by Gasteiger charge is 2.28. The van der Waals surface area contributed by atoms with Crippen LogP contribution >= 0.6 is 0 Å². The van der Waals surface area contributed by atoms with Crippen molar-refractivity contribution in [1.29, 1.82) is 0 Å². The van der Waals surface area contributed by atoms with E-state index in [4.69, 9.17) is 4.74 Å². The van der Waals surface area contributed by atoms with Crippen LogP contribution in [-0.2, 0) is 20.9 Å². The lowest BCUT2D eigenvalue weighted by atomic mass is 9.98. The predicted octanol–water partition coefficient (Wildman–Crippen LogP) is 1.81. The first-order chi connectivity index (χ1) is 11.6. The number of carbonyl (C=O) groups excluding carboxylic acids is 2. The third-order valence-electron chi connectivity index (χ3n) is 4.68. The number of rotatable bonds is 4. The molecule has 0 N–H and O–H groups in total. The van der Waals surface area contributed by atoms with E-state index in [1.165, 1.54) is 12.1 Å². The number of amides is 2. The lowest BCUT2D eigenvalue weighted by molar-refractivity contribution is -0.146. The van der Waals surface area contributed by atoms with Gasteiger partial charge in [-0.1, -0.05) is 12.1 Å². The van der Waals surface area contributed by atoms with Crippen LogP contribution in [0.15, 0.2) is 24.3 Å². The number of carbonyl (C=O) groups is 2. The van der Waals surface area contributed by atoms with Crippen LogP contribution in [0.1, 0.15) is 24.8 Å². The molecule has 0 radical (unpaired) electrons. The summed E-state index contributed by atoms with van der Waals surface area (Å²) in [6.45, 7) is 3.09. The standard InChI is InChI=1S/C18H23FN2O3/c19-16-5-3-14(4-6-16)11-20-7-8-21(12-18(20)23)17(22)10-15-2-1-9-24-13-15/h3-6,15H,1-2,7-13H2/t15-/m0/s1. The predicted molar refractivity (Wildman–Crippen MR) is 86.6 cm³/mol. The van der Waals surface area contributed by atoms with Crippen molar-refractivity contribution < 1.29 is 18.7 Å². The van der Waals surface area contributed by atoms with E-state index in [0.717, 1.165) is 25.0 Å². The largest absolute Gasteiger partial charge is 0.381 e. The van der Waals surface area contributed by atoms with Gasteiger partial charge in [-0.05, 0) is 36.5 Å². The molecule has 0 spiro atoms. The normalized spacial score (nSPS) is 21.9. The lowest BCUT2D eigenvalue weighted by Gasteiger charge is -2.35. The van der Waals surface area contributed by atoms with Gasteiger partial charge in [-0.3, -0.25) is 9.59 Å². The second-order valence-electron chi connectivity index (χ2n) is 6.54. The number of ether oxygens (including phenoxy) is 1. The molecule has 2 aliphatic rings. The molecule has 0 aromatic heterocycles. The molecular formula is C18H23FN2O3. The molecule has 2 saturated heterocycles. The highest BCUT2D eigenvalue weighted by Crippen LogP contribution is 2.19. The van der Waals surface area contributed by atoms with Crippen molar-refractivity contribution in [2.24, 2.45) is 5.92 Å². The fraction of sp³-hybridized carbons (Fsp3) is 0.556. The van der Waals surface area contributed by atoms with E-state index in [-0.39, 0.29) is 30.1 Å². The molecule has 3 rings (SSSR count). The van der Waals surface area contributed by atoms with Crippen molar-refractivity contribution in [3.63, 3.8) is 0 Å². The van der Waals surface area contributed by atoms with Gasteiger partial charge in [0.2, 0.25) is 11.8 Å². The molecule has 6 heteroatoms. The topological polar surface area (TPSA) is 49.9 Å². The van der Waals surface area contributed by atoms with Crippen LogP contribution in [0, 0.1) is 11.7 Å². The van der Waals surface area contributed by atoms with Crippen LogP contribution in [0.3, 0.4) is 0 Å². The Kier molecular flexibility index (Phi) is 5.45. The summed E-state index contributed by atoms with van der Waals surface area (Å²) >= 11 is 0. The molecule has 130 valence electrons. The molecule has 0 unspecified atom stereocenters. The maximum Gasteiger partial charge on any atom is 0.242 e. The summed E-state index contributed by atoms with van der Waals surface area (Å²) in [5.74, 6) is -0.0233. The highest BCUT2D eigenvalue weighted by atomic mass is 19.1. The van der Waals surface area contributed by atoms with Gasteiger partial charge in [-0.15, -0.1) is 0 Å². The molecule has 1 aromatic rings. The summed E-state index contributed by atoms with van der Waals surface area (Å²) in [6.07, 6.45) is 2.48. The molecule has 24 heavy (non-hydrogen) atoms. The van der Waals surface area contributed by atoms with Gasteiger partial charge in [-0.2, -0.15) is 0 Å². The molecule has 1 atom stereocenters. The van der Waals surface area contributed by atoms with Gasteiger partial charge >= 0.3 is 0 Å². The number of benzene rings is 1. The zero-order chi connectivity index (χ0) is 16.9. The Morgan fingerprint density at radius 1 is 1.25 bits per heavy atom. The molecular weight excluding hydrogens is 311 g/mol. The quantitative estimate of drug-likeness (QED) is 0.844. The van der Waals surface area contributed by atoms with Crippen molar-refractivity contribution >= 4 is 11.8 Å². The van der Waals surface area contributed by atoms with Crippen LogP contribution < -0.4 is 0 Å². The van der Waals surface area contributed by atoms with Crippen molar-refractivity contribution in [3.8, 4) is 0 Å².